The molecule has 0 bridgehead atoms. The first kappa shape index (κ1) is 15.9. The van der Waals surface area contributed by atoms with Crippen molar-refractivity contribution in [3.8, 4) is 5.75 Å². The number of benzene rings is 1. The third kappa shape index (κ3) is 2.45. The Bertz CT molecular complexity index is 532. The lowest BCUT2D eigenvalue weighted by Gasteiger charge is -2.37. The van der Waals surface area contributed by atoms with Crippen LogP contribution in [0.3, 0.4) is 0 Å². The summed E-state index contributed by atoms with van der Waals surface area (Å²) in [6, 6.07) is 4.03. The van der Waals surface area contributed by atoms with Crippen molar-refractivity contribution in [3.63, 3.8) is 0 Å². The summed E-state index contributed by atoms with van der Waals surface area (Å²) >= 11 is 0. The maximum atomic E-state index is 14.2. The largest absolute Gasteiger partial charge is 0.496 e. The average molecular weight is 283 g/mol. The van der Waals surface area contributed by atoms with E-state index in [0.717, 1.165) is 11.0 Å². The van der Waals surface area contributed by atoms with Gasteiger partial charge in [-0.3, -0.25) is 4.79 Å². The van der Waals surface area contributed by atoms with E-state index < -0.39 is 23.2 Å². The van der Waals surface area contributed by atoms with E-state index in [9.17, 15) is 19.1 Å². The number of carbonyl (C=O) groups is 2. The molecule has 0 aromatic heterocycles. The van der Waals surface area contributed by atoms with Crippen molar-refractivity contribution in [2.24, 2.45) is 0 Å². The molecule has 5 nitrogen and oxygen atoms in total. The number of likely N-dealkylation sites (N-methyl/N-ethyl adjacent to an activating group) is 1. The van der Waals surface area contributed by atoms with Gasteiger partial charge in [0.05, 0.1) is 12.7 Å². The molecule has 6 heteroatoms. The number of nitrogens with zero attached hydrogens (tertiary/aromatic N) is 1. The van der Waals surface area contributed by atoms with Crippen LogP contribution in [-0.2, 0) is 15.1 Å². The van der Waals surface area contributed by atoms with Crippen molar-refractivity contribution in [3.05, 3.63) is 29.6 Å². The normalized spacial score (nSPS) is 13.4. The number of carboxylic acids is 1. The van der Waals surface area contributed by atoms with Gasteiger partial charge in [0, 0.05) is 13.5 Å². The number of hydrogen-bond donors (Lipinski definition) is 1. The summed E-state index contributed by atoms with van der Waals surface area (Å²) in [4.78, 5) is 24.5. The minimum atomic E-state index is -1.84. The number of rotatable bonds is 5. The molecule has 0 aliphatic rings. The van der Waals surface area contributed by atoms with Gasteiger partial charge in [-0.2, -0.15) is 0 Å². The number of methoxy groups -OCH3 is 1. The third-order valence-corrected chi connectivity index (χ3v) is 3.33. The number of ether oxygens (including phenoxy) is 1. The van der Waals surface area contributed by atoms with Crippen LogP contribution in [0.15, 0.2) is 18.2 Å². The molecule has 0 fully saturated rings. The zero-order valence-corrected chi connectivity index (χ0v) is 11.9. The van der Waals surface area contributed by atoms with Crippen LogP contribution < -0.4 is 4.74 Å². The topological polar surface area (TPSA) is 66.8 Å². The molecule has 0 heterocycles. The van der Waals surface area contributed by atoms with Crippen molar-refractivity contribution in [1.29, 1.82) is 0 Å². The van der Waals surface area contributed by atoms with Crippen molar-refractivity contribution in [2.45, 2.75) is 26.3 Å². The number of halogens is 1. The van der Waals surface area contributed by atoms with Gasteiger partial charge in [0.25, 0.3) is 0 Å². The highest BCUT2D eigenvalue weighted by molar-refractivity contribution is 5.87. The van der Waals surface area contributed by atoms with Crippen molar-refractivity contribution in [2.75, 3.05) is 13.7 Å². The van der Waals surface area contributed by atoms with E-state index in [4.69, 9.17) is 4.74 Å². The van der Waals surface area contributed by atoms with Gasteiger partial charge in [0.1, 0.15) is 11.6 Å². The van der Waals surface area contributed by atoms with Crippen molar-refractivity contribution < 1.29 is 23.8 Å². The first-order valence-corrected chi connectivity index (χ1v) is 6.15. The molecule has 1 atom stereocenters. The van der Waals surface area contributed by atoms with E-state index in [1.54, 1.807) is 6.92 Å². The molecule has 1 rings (SSSR count). The van der Waals surface area contributed by atoms with Gasteiger partial charge in [-0.25, -0.2) is 9.18 Å². The van der Waals surface area contributed by atoms with Gasteiger partial charge in [-0.15, -0.1) is 0 Å². The highest BCUT2D eigenvalue weighted by Gasteiger charge is 2.46. The van der Waals surface area contributed by atoms with Crippen LogP contribution in [-0.4, -0.2) is 35.5 Å². The first-order chi connectivity index (χ1) is 9.30. The van der Waals surface area contributed by atoms with Crippen LogP contribution >= 0.6 is 0 Å². The molecule has 1 N–H and O–H groups in total. The number of amides is 1. The predicted molar refractivity (Wildman–Crippen MR) is 71.0 cm³/mol. The minimum absolute atomic E-state index is 0.0922. The van der Waals surface area contributed by atoms with E-state index in [1.807, 2.05) is 0 Å². The lowest BCUT2D eigenvalue weighted by Crippen LogP contribution is -2.52. The zero-order valence-electron chi connectivity index (χ0n) is 11.9. The highest BCUT2D eigenvalue weighted by atomic mass is 19.1. The second-order valence-corrected chi connectivity index (χ2v) is 4.46. The SMILES string of the molecule is CCN(C(C)=O)C(C)(C(=O)O)c1c(F)cccc1OC. The van der Waals surface area contributed by atoms with Gasteiger partial charge in [-0.1, -0.05) is 6.07 Å². The molecule has 0 aliphatic carbocycles. The van der Waals surface area contributed by atoms with Crippen LogP contribution in [0, 0.1) is 5.82 Å². The molecule has 0 spiro atoms. The first-order valence-electron chi connectivity index (χ1n) is 6.15. The van der Waals surface area contributed by atoms with Crippen LogP contribution in [0.25, 0.3) is 0 Å². The Kier molecular flexibility index (Phi) is 4.70. The molecular weight excluding hydrogens is 265 g/mol. The van der Waals surface area contributed by atoms with Gasteiger partial charge in [-0.05, 0) is 26.0 Å². The quantitative estimate of drug-likeness (QED) is 0.897. The minimum Gasteiger partial charge on any atom is -0.496 e. The summed E-state index contributed by atoms with van der Waals surface area (Å²) in [7, 11) is 1.32. The summed E-state index contributed by atoms with van der Waals surface area (Å²) in [6.07, 6.45) is 0. The van der Waals surface area contributed by atoms with Crippen LogP contribution in [0.4, 0.5) is 4.39 Å². The Hall–Kier alpha value is -2.11. The Morgan fingerprint density at radius 1 is 1.45 bits per heavy atom. The van der Waals surface area contributed by atoms with Crippen molar-refractivity contribution in [1.82, 2.24) is 4.90 Å². The maximum absolute atomic E-state index is 14.2. The molecule has 110 valence electrons. The molecule has 1 aromatic rings. The van der Waals surface area contributed by atoms with E-state index in [-0.39, 0.29) is 17.9 Å². The second-order valence-electron chi connectivity index (χ2n) is 4.46. The monoisotopic (exact) mass is 283 g/mol. The number of hydrogen-bond acceptors (Lipinski definition) is 3. The fourth-order valence-corrected chi connectivity index (χ4v) is 2.36. The standard InChI is InChI=1S/C14H18FNO4/c1-5-16(9(2)17)14(3,13(18)19)12-10(15)7-6-8-11(12)20-4/h6-8H,5H2,1-4H3,(H,18,19). The van der Waals surface area contributed by atoms with Crippen molar-refractivity contribution >= 4 is 11.9 Å². The molecule has 1 unspecified atom stereocenters. The molecule has 0 saturated carbocycles. The summed E-state index contributed by atoms with van der Waals surface area (Å²) in [5.74, 6) is -2.41. The fraction of sp³-hybridized carbons (Fsp3) is 0.429. The van der Waals surface area contributed by atoms with Crippen LogP contribution in [0.2, 0.25) is 0 Å². The highest BCUT2D eigenvalue weighted by Crippen LogP contribution is 2.37. The van der Waals surface area contributed by atoms with Crippen LogP contribution in [0.1, 0.15) is 26.3 Å². The Labute approximate surface area is 117 Å². The third-order valence-electron chi connectivity index (χ3n) is 3.33. The molecule has 0 radical (unpaired) electrons. The van der Waals surface area contributed by atoms with E-state index in [1.165, 1.54) is 33.1 Å². The zero-order chi connectivity index (χ0) is 15.5. The second kappa shape index (κ2) is 5.90. The van der Waals surface area contributed by atoms with E-state index in [0.29, 0.717) is 0 Å². The number of aliphatic carboxylic acids is 1. The molecule has 0 aliphatic heterocycles. The molecular formula is C14H18FNO4. The molecule has 0 saturated heterocycles. The number of carbonyl (C=O) groups excluding carboxylic acids is 1. The van der Waals surface area contributed by atoms with Gasteiger partial charge in [0.2, 0.25) is 5.91 Å². The fourth-order valence-electron chi connectivity index (χ4n) is 2.36. The number of carboxylic acid groups (broad SMARTS) is 1. The Balaban J connectivity index is 3.64. The summed E-state index contributed by atoms with van der Waals surface area (Å²) in [5.41, 5.74) is -2.00. The summed E-state index contributed by atoms with van der Waals surface area (Å²) in [6.45, 7) is 4.31. The molecule has 1 aromatic carbocycles. The lowest BCUT2D eigenvalue weighted by molar-refractivity contribution is -0.158. The average Bonchev–Trinajstić information content (AvgIpc) is 2.37. The summed E-state index contributed by atoms with van der Waals surface area (Å²) in [5, 5.41) is 9.56. The predicted octanol–water partition coefficient (Wildman–Crippen LogP) is 2.00. The Morgan fingerprint density at radius 2 is 2.05 bits per heavy atom. The van der Waals surface area contributed by atoms with E-state index in [2.05, 4.69) is 0 Å². The molecule has 1 amide bonds. The lowest BCUT2D eigenvalue weighted by atomic mass is 9.88. The van der Waals surface area contributed by atoms with Gasteiger partial charge >= 0.3 is 5.97 Å². The summed E-state index contributed by atoms with van der Waals surface area (Å²) < 4.78 is 19.2. The molecule has 20 heavy (non-hydrogen) atoms. The smallest absolute Gasteiger partial charge is 0.334 e. The van der Waals surface area contributed by atoms with Gasteiger partial charge in [0.15, 0.2) is 5.54 Å². The van der Waals surface area contributed by atoms with E-state index >= 15 is 0 Å². The van der Waals surface area contributed by atoms with Crippen LogP contribution in [0.5, 0.6) is 5.75 Å². The Morgan fingerprint density at radius 3 is 2.45 bits per heavy atom. The maximum Gasteiger partial charge on any atom is 0.334 e. The van der Waals surface area contributed by atoms with Gasteiger partial charge < -0.3 is 14.7 Å².